The third kappa shape index (κ3) is 8.39. The quantitative estimate of drug-likeness (QED) is 0.124. The predicted octanol–water partition coefficient (Wildman–Crippen LogP) is -0.198. The predicted molar refractivity (Wildman–Crippen MR) is 102 cm³/mol. The number of piperidine rings is 1. The van der Waals surface area contributed by atoms with Gasteiger partial charge in [0.25, 0.3) is 5.96 Å². The van der Waals surface area contributed by atoms with Gasteiger partial charge in [0.1, 0.15) is 6.04 Å². The van der Waals surface area contributed by atoms with E-state index in [0.29, 0.717) is 31.7 Å². The van der Waals surface area contributed by atoms with Crippen LogP contribution in [0.25, 0.3) is 0 Å². The van der Waals surface area contributed by atoms with Crippen LogP contribution in [0.5, 0.6) is 0 Å². The van der Waals surface area contributed by atoms with Gasteiger partial charge in [0, 0.05) is 13.1 Å². The number of ether oxygens (including phenoxy) is 1. The molecule has 3 atom stereocenters. The van der Waals surface area contributed by atoms with Crippen LogP contribution < -0.4 is 16.9 Å². The first-order valence-electron chi connectivity index (χ1n) is 8.69. The molecule has 0 radical (unpaired) electrons. The van der Waals surface area contributed by atoms with Gasteiger partial charge in [-0.2, -0.15) is 0 Å². The molecule has 5 N–H and O–H groups in total. The number of halogens is 1. The molecule has 0 aromatic rings. The van der Waals surface area contributed by atoms with E-state index in [0.717, 1.165) is 6.42 Å². The van der Waals surface area contributed by atoms with E-state index in [9.17, 15) is 19.7 Å². The summed E-state index contributed by atoms with van der Waals surface area (Å²) in [5.41, 5.74) is 13.0. The minimum absolute atomic E-state index is 0. The number of esters is 1. The van der Waals surface area contributed by atoms with Crippen molar-refractivity contribution in [2.24, 2.45) is 22.4 Å². The Labute approximate surface area is 164 Å². The van der Waals surface area contributed by atoms with Crippen molar-refractivity contribution in [2.75, 3.05) is 19.7 Å². The van der Waals surface area contributed by atoms with Crippen LogP contribution in [0.1, 0.15) is 39.5 Å². The number of hydrogen-bond donors (Lipinski definition) is 3. The Morgan fingerprint density at radius 3 is 2.74 bits per heavy atom. The number of carbonyl (C=O) groups excluding carboxylic acids is 2. The van der Waals surface area contributed by atoms with E-state index in [2.05, 4.69) is 4.99 Å². The summed E-state index contributed by atoms with van der Waals surface area (Å²) >= 11 is 0. The molecule has 0 bridgehead atoms. The molecule has 0 aromatic heterocycles. The molecule has 1 heterocycles. The maximum atomic E-state index is 12.6. The second kappa shape index (κ2) is 12.3. The molecule has 27 heavy (non-hydrogen) atoms. The molecule has 1 aliphatic rings. The first kappa shape index (κ1) is 24.9. The molecule has 12 heteroatoms. The van der Waals surface area contributed by atoms with Crippen molar-refractivity contribution in [3.8, 4) is 0 Å². The standard InChI is InChI=1S/C15H28N6O5.ClH/c1-3-26-14(23)12-9-10(2)6-8-20(12)13(22)11(16)5-4-7-18-15(17)19-21(24)25;/h10-12H,3-9,16H2,1-2H3,(H3,17,18,19);1H/t10-,11?,12-;/m0./s1. The average Bonchev–Trinajstić information content (AvgIpc) is 2.57. The molecule has 1 unspecified atom stereocenters. The molecule has 0 aliphatic carbocycles. The number of nitrogens with two attached hydrogens (primary N) is 2. The molecule has 0 saturated carbocycles. The third-order valence-electron chi connectivity index (χ3n) is 4.18. The van der Waals surface area contributed by atoms with Crippen molar-refractivity contribution in [3.05, 3.63) is 10.1 Å². The van der Waals surface area contributed by atoms with E-state index in [-0.39, 0.29) is 37.4 Å². The lowest BCUT2D eigenvalue weighted by Crippen LogP contribution is -2.55. The van der Waals surface area contributed by atoms with Crippen molar-refractivity contribution in [1.29, 1.82) is 0 Å². The summed E-state index contributed by atoms with van der Waals surface area (Å²) in [5, 5.41) is 9.39. The highest BCUT2D eigenvalue weighted by atomic mass is 35.5. The maximum Gasteiger partial charge on any atom is 0.328 e. The van der Waals surface area contributed by atoms with Crippen LogP contribution in [-0.2, 0) is 14.3 Å². The van der Waals surface area contributed by atoms with Gasteiger partial charge in [-0.1, -0.05) is 12.3 Å². The Hall–Kier alpha value is -2.14. The molecule has 1 fully saturated rings. The maximum absolute atomic E-state index is 12.6. The topological polar surface area (TPSA) is 166 Å². The Balaban J connectivity index is 0.00000676. The largest absolute Gasteiger partial charge is 0.464 e. The average molecular weight is 409 g/mol. The third-order valence-corrected chi connectivity index (χ3v) is 4.18. The van der Waals surface area contributed by atoms with Gasteiger partial charge in [0.15, 0.2) is 5.03 Å². The highest BCUT2D eigenvalue weighted by molar-refractivity contribution is 5.87. The summed E-state index contributed by atoms with van der Waals surface area (Å²) in [7, 11) is 0. The van der Waals surface area contributed by atoms with Gasteiger partial charge in [-0.05, 0) is 38.5 Å². The van der Waals surface area contributed by atoms with Crippen LogP contribution in [0.3, 0.4) is 0 Å². The number of hydrazine groups is 1. The molecule has 0 aromatic carbocycles. The Morgan fingerprint density at radius 1 is 1.48 bits per heavy atom. The van der Waals surface area contributed by atoms with Gasteiger partial charge < -0.3 is 21.1 Å². The Kier molecular flexibility index (Phi) is 11.3. The number of nitrogens with zero attached hydrogens (tertiary/aromatic N) is 3. The lowest BCUT2D eigenvalue weighted by Gasteiger charge is -2.38. The van der Waals surface area contributed by atoms with E-state index in [1.165, 1.54) is 4.90 Å². The van der Waals surface area contributed by atoms with Crippen molar-refractivity contribution in [3.63, 3.8) is 0 Å². The minimum atomic E-state index is -0.805. The van der Waals surface area contributed by atoms with E-state index >= 15 is 0 Å². The van der Waals surface area contributed by atoms with Gasteiger partial charge in [0.05, 0.1) is 12.6 Å². The molecule has 11 nitrogen and oxygen atoms in total. The van der Waals surface area contributed by atoms with Crippen molar-refractivity contribution < 1.29 is 19.4 Å². The summed E-state index contributed by atoms with van der Waals surface area (Å²) in [6, 6.07) is -1.38. The van der Waals surface area contributed by atoms with E-state index in [1.54, 1.807) is 12.3 Å². The molecule has 0 spiro atoms. The number of nitrogens with one attached hydrogen (secondary N) is 1. The van der Waals surface area contributed by atoms with E-state index in [4.69, 9.17) is 16.2 Å². The number of amides is 1. The number of hydrogen-bond acceptors (Lipinski definition) is 7. The fourth-order valence-electron chi connectivity index (χ4n) is 2.84. The molecule has 1 amide bonds. The lowest BCUT2D eigenvalue weighted by molar-refractivity contribution is -0.525. The zero-order chi connectivity index (χ0) is 19.7. The van der Waals surface area contributed by atoms with Crippen LogP contribution in [0.4, 0.5) is 0 Å². The highest BCUT2D eigenvalue weighted by Gasteiger charge is 2.37. The van der Waals surface area contributed by atoms with Gasteiger partial charge in [-0.3, -0.25) is 4.79 Å². The fourth-order valence-corrected chi connectivity index (χ4v) is 2.84. The fraction of sp³-hybridized carbons (Fsp3) is 0.800. The lowest BCUT2D eigenvalue weighted by atomic mass is 9.91. The second-order valence-corrected chi connectivity index (χ2v) is 6.31. The summed E-state index contributed by atoms with van der Waals surface area (Å²) in [5.74, 6) is -0.670. The van der Waals surface area contributed by atoms with Crippen LogP contribution in [0, 0.1) is 16.0 Å². The minimum Gasteiger partial charge on any atom is -0.464 e. The SMILES string of the molecule is CCOC(=O)[C@@H]1C[C@@H](C)CCN1C(=O)C(N)CCCN=C(N)N[N+](=O)[O-].Cl. The number of guanidine groups is 1. The van der Waals surface area contributed by atoms with Gasteiger partial charge in [-0.15, -0.1) is 12.4 Å². The normalized spacial score (nSPS) is 21.0. The van der Waals surface area contributed by atoms with Crippen molar-refractivity contribution >= 4 is 30.2 Å². The van der Waals surface area contributed by atoms with Crippen molar-refractivity contribution in [2.45, 2.75) is 51.6 Å². The Morgan fingerprint density at radius 2 is 2.15 bits per heavy atom. The van der Waals surface area contributed by atoms with Gasteiger partial charge in [-0.25, -0.2) is 19.9 Å². The zero-order valence-electron chi connectivity index (χ0n) is 15.6. The summed E-state index contributed by atoms with van der Waals surface area (Å²) in [6.45, 7) is 4.69. The first-order chi connectivity index (χ1) is 12.3. The van der Waals surface area contributed by atoms with E-state index < -0.39 is 23.1 Å². The number of rotatable bonds is 8. The molecule has 156 valence electrons. The number of carbonyl (C=O) groups is 2. The van der Waals surface area contributed by atoms with E-state index in [1.807, 2.05) is 6.92 Å². The first-order valence-corrected chi connectivity index (χ1v) is 8.69. The van der Waals surface area contributed by atoms with Crippen molar-refractivity contribution in [1.82, 2.24) is 10.3 Å². The van der Waals surface area contributed by atoms with Gasteiger partial charge in [0.2, 0.25) is 5.91 Å². The van der Waals surface area contributed by atoms with Crippen LogP contribution >= 0.6 is 12.4 Å². The number of aliphatic imine (C=N–C) groups is 1. The van der Waals surface area contributed by atoms with Crippen LogP contribution in [0.15, 0.2) is 4.99 Å². The number of nitro groups is 1. The van der Waals surface area contributed by atoms with Gasteiger partial charge >= 0.3 is 5.97 Å². The monoisotopic (exact) mass is 408 g/mol. The summed E-state index contributed by atoms with van der Waals surface area (Å²) < 4.78 is 5.08. The molecule has 1 aliphatic heterocycles. The summed E-state index contributed by atoms with van der Waals surface area (Å²) in [4.78, 5) is 40.3. The smallest absolute Gasteiger partial charge is 0.328 e. The summed E-state index contributed by atoms with van der Waals surface area (Å²) in [6.07, 6.45) is 2.13. The molecular weight excluding hydrogens is 380 g/mol. The zero-order valence-corrected chi connectivity index (χ0v) is 16.4. The Bertz CT molecular complexity index is 547. The second-order valence-electron chi connectivity index (χ2n) is 6.31. The number of likely N-dealkylation sites (tertiary alicyclic amines) is 1. The van der Waals surface area contributed by atoms with Crippen LogP contribution in [-0.4, -0.2) is 59.5 Å². The molecule has 1 saturated heterocycles. The molecule has 1 rings (SSSR count). The highest BCUT2D eigenvalue weighted by Crippen LogP contribution is 2.24. The molecular formula is C15H29ClN6O5. The van der Waals surface area contributed by atoms with Crippen LogP contribution in [0.2, 0.25) is 0 Å².